The number of hydrogen-bond acceptors (Lipinski definition) is 3. The molecule has 4 nitrogen and oxygen atoms in total. The van der Waals surface area contributed by atoms with Crippen molar-refractivity contribution in [1.29, 1.82) is 0 Å². The smallest absolute Gasteiger partial charge is 0.398 e. The molecule has 1 aliphatic rings. The average Bonchev–Trinajstić information content (AvgIpc) is 2.91. The van der Waals surface area contributed by atoms with Crippen LogP contribution in [0.3, 0.4) is 0 Å². The highest BCUT2D eigenvalue weighted by Crippen LogP contribution is 2.33. The minimum absolute atomic E-state index is 0.0424. The molecule has 1 fully saturated rings. The molecular weight excluding hydrogens is 285 g/mol. The Balaban J connectivity index is 1.95. The molecule has 1 saturated heterocycles. The second-order valence-electron chi connectivity index (χ2n) is 5.07. The van der Waals surface area contributed by atoms with Gasteiger partial charge in [-0.1, -0.05) is 0 Å². The van der Waals surface area contributed by atoms with E-state index in [2.05, 4.69) is 5.32 Å². The quantitative estimate of drug-likeness (QED) is 0.840. The van der Waals surface area contributed by atoms with Gasteiger partial charge in [0.05, 0.1) is 5.56 Å². The van der Waals surface area contributed by atoms with Crippen molar-refractivity contribution in [3.05, 3.63) is 29.3 Å². The Morgan fingerprint density at radius 2 is 2.19 bits per heavy atom. The van der Waals surface area contributed by atoms with Crippen LogP contribution >= 0.6 is 0 Å². The predicted molar refractivity (Wildman–Crippen MR) is 71.7 cm³/mol. The summed E-state index contributed by atoms with van der Waals surface area (Å²) in [7, 11) is 0. The molecule has 1 atom stereocenters. The Hall–Kier alpha value is -1.76. The molecule has 0 aliphatic carbocycles. The molecule has 7 heteroatoms. The molecule has 2 rings (SSSR count). The molecule has 0 aromatic heterocycles. The second kappa shape index (κ2) is 6.34. The third-order valence-electron chi connectivity index (χ3n) is 3.48. The Morgan fingerprint density at radius 3 is 2.81 bits per heavy atom. The highest BCUT2D eigenvalue weighted by molar-refractivity contribution is 5.94. The van der Waals surface area contributed by atoms with Crippen molar-refractivity contribution in [3.8, 4) is 0 Å². The number of benzene rings is 1. The topological polar surface area (TPSA) is 64.4 Å². The number of ether oxygens (including phenoxy) is 1. The van der Waals surface area contributed by atoms with Crippen LogP contribution in [0.5, 0.6) is 0 Å². The van der Waals surface area contributed by atoms with Crippen LogP contribution in [0, 0.1) is 5.92 Å². The average molecular weight is 302 g/mol. The van der Waals surface area contributed by atoms with Crippen LogP contribution < -0.4 is 11.1 Å². The molecule has 1 aliphatic heterocycles. The van der Waals surface area contributed by atoms with Gasteiger partial charge in [0.1, 0.15) is 0 Å². The molecule has 1 aromatic rings. The molecule has 1 unspecified atom stereocenters. The first-order chi connectivity index (χ1) is 9.88. The third-order valence-corrected chi connectivity index (χ3v) is 3.48. The lowest BCUT2D eigenvalue weighted by Crippen LogP contribution is -2.26. The number of alkyl halides is 3. The van der Waals surface area contributed by atoms with Crippen LogP contribution in [-0.4, -0.2) is 25.7 Å². The molecule has 0 saturated carbocycles. The van der Waals surface area contributed by atoms with E-state index in [1.807, 2.05) is 0 Å². The summed E-state index contributed by atoms with van der Waals surface area (Å²) in [5.74, 6) is -0.123. The lowest BCUT2D eigenvalue weighted by Gasteiger charge is -2.12. The van der Waals surface area contributed by atoms with Crippen molar-refractivity contribution in [3.63, 3.8) is 0 Å². The van der Waals surface area contributed by atoms with Gasteiger partial charge < -0.3 is 15.8 Å². The molecule has 0 bridgehead atoms. The van der Waals surface area contributed by atoms with E-state index in [9.17, 15) is 18.0 Å². The van der Waals surface area contributed by atoms with Gasteiger partial charge >= 0.3 is 6.18 Å². The van der Waals surface area contributed by atoms with Gasteiger partial charge in [-0.05, 0) is 37.0 Å². The molecule has 0 spiro atoms. The zero-order chi connectivity index (χ0) is 15.5. The van der Waals surface area contributed by atoms with Crippen molar-refractivity contribution in [1.82, 2.24) is 5.32 Å². The summed E-state index contributed by atoms with van der Waals surface area (Å²) < 4.78 is 43.4. The van der Waals surface area contributed by atoms with E-state index in [4.69, 9.17) is 10.5 Å². The monoisotopic (exact) mass is 302 g/mol. The zero-order valence-electron chi connectivity index (χ0n) is 11.4. The van der Waals surface area contributed by atoms with Crippen LogP contribution in [0.4, 0.5) is 18.9 Å². The summed E-state index contributed by atoms with van der Waals surface area (Å²) in [6, 6.07) is 3.17. The fourth-order valence-electron chi connectivity index (χ4n) is 2.25. The molecule has 21 heavy (non-hydrogen) atoms. The van der Waals surface area contributed by atoms with Gasteiger partial charge in [0, 0.05) is 31.0 Å². The first kappa shape index (κ1) is 15.6. The van der Waals surface area contributed by atoms with E-state index < -0.39 is 17.6 Å². The lowest BCUT2D eigenvalue weighted by molar-refractivity contribution is -0.136. The van der Waals surface area contributed by atoms with Gasteiger partial charge in [-0.25, -0.2) is 0 Å². The van der Waals surface area contributed by atoms with E-state index in [1.165, 1.54) is 6.07 Å². The summed E-state index contributed by atoms with van der Waals surface area (Å²) in [6.07, 6.45) is -2.86. The van der Waals surface area contributed by atoms with E-state index in [0.29, 0.717) is 19.1 Å². The highest BCUT2D eigenvalue weighted by Gasteiger charge is 2.33. The van der Waals surface area contributed by atoms with E-state index in [0.717, 1.165) is 31.6 Å². The first-order valence-electron chi connectivity index (χ1n) is 6.70. The van der Waals surface area contributed by atoms with E-state index in [-0.39, 0.29) is 11.3 Å². The Labute approximate surface area is 120 Å². The third kappa shape index (κ3) is 4.10. The van der Waals surface area contributed by atoms with Gasteiger partial charge in [-0.2, -0.15) is 13.2 Å². The zero-order valence-corrected chi connectivity index (χ0v) is 11.4. The van der Waals surface area contributed by atoms with Gasteiger partial charge in [0.15, 0.2) is 0 Å². The Morgan fingerprint density at radius 1 is 1.43 bits per heavy atom. The standard InChI is InChI=1S/C14H17F3N2O2/c15-14(16,17)11-7-10(1-2-12(11)18)13(20)19-5-3-9-4-6-21-8-9/h1-2,7,9H,3-6,8,18H2,(H,19,20). The van der Waals surface area contributed by atoms with Crippen molar-refractivity contribution < 1.29 is 22.7 Å². The number of carbonyl (C=O) groups excluding carboxylic acids is 1. The number of nitrogen functional groups attached to an aromatic ring is 1. The largest absolute Gasteiger partial charge is 0.418 e. The number of carbonyl (C=O) groups is 1. The first-order valence-corrected chi connectivity index (χ1v) is 6.70. The maximum absolute atomic E-state index is 12.7. The van der Waals surface area contributed by atoms with Crippen molar-refractivity contribution in [2.45, 2.75) is 19.0 Å². The van der Waals surface area contributed by atoms with E-state index in [1.54, 1.807) is 0 Å². The van der Waals surface area contributed by atoms with Gasteiger partial charge in [0.25, 0.3) is 5.91 Å². The molecular formula is C14H17F3N2O2. The van der Waals surface area contributed by atoms with Crippen LogP contribution in [0.15, 0.2) is 18.2 Å². The molecule has 0 radical (unpaired) electrons. The lowest BCUT2D eigenvalue weighted by atomic mass is 10.0. The summed E-state index contributed by atoms with van der Waals surface area (Å²) in [5.41, 5.74) is 3.88. The molecule has 1 heterocycles. The molecule has 3 N–H and O–H groups in total. The molecule has 1 amide bonds. The second-order valence-corrected chi connectivity index (χ2v) is 5.07. The normalized spacial score (nSPS) is 18.7. The number of halogens is 3. The van der Waals surface area contributed by atoms with Crippen LogP contribution in [0.25, 0.3) is 0 Å². The van der Waals surface area contributed by atoms with Crippen molar-refractivity contribution in [2.75, 3.05) is 25.5 Å². The van der Waals surface area contributed by atoms with Gasteiger partial charge in [0.2, 0.25) is 0 Å². The molecule has 1 aromatic carbocycles. The highest BCUT2D eigenvalue weighted by atomic mass is 19.4. The Kier molecular flexibility index (Phi) is 4.72. The van der Waals surface area contributed by atoms with Crippen molar-refractivity contribution >= 4 is 11.6 Å². The van der Waals surface area contributed by atoms with Crippen LogP contribution in [0.1, 0.15) is 28.8 Å². The molecule has 116 valence electrons. The van der Waals surface area contributed by atoms with E-state index >= 15 is 0 Å². The SMILES string of the molecule is Nc1ccc(C(=O)NCCC2CCOC2)cc1C(F)(F)F. The summed E-state index contributed by atoms with van der Waals surface area (Å²) >= 11 is 0. The summed E-state index contributed by atoms with van der Waals surface area (Å²) in [6.45, 7) is 1.82. The van der Waals surface area contributed by atoms with Gasteiger partial charge in [-0.3, -0.25) is 4.79 Å². The fraction of sp³-hybridized carbons (Fsp3) is 0.500. The predicted octanol–water partition coefficient (Wildman–Crippen LogP) is 2.44. The summed E-state index contributed by atoms with van der Waals surface area (Å²) in [4.78, 5) is 11.9. The minimum atomic E-state index is -4.57. The number of rotatable bonds is 4. The van der Waals surface area contributed by atoms with Crippen LogP contribution in [-0.2, 0) is 10.9 Å². The fourth-order valence-corrected chi connectivity index (χ4v) is 2.25. The number of nitrogens with one attached hydrogen (secondary N) is 1. The van der Waals surface area contributed by atoms with Gasteiger partial charge in [-0.15, -0.1) is 0 Å². The maximum Gasteiger partial charge on any atom is 0.418 e. The van der Waals surface area contributed by atoms with Crippen LogP contribution in [0.2, 0.25) is 0 Å². The van der Waals surface area contributed by atoms with Crippen molar-refractivity contribution in [2.24, 2.45) is 5.92 Å². The number of amides is 1. The number of anilines is 1. The minimum Gasteiger partial charge on any atom is -0.398 e. The maximum atomic E-state index is 12.7. The number of nitrogens with two attached hydrogens (primary N) is 1. The summed E-state index contributed by atoms with van der Waals surface area (Å²) in [5, 5.41) is 2.62. The Bertz CT molecular complexity index is 511. The number of hydrogen-bond donors (Lipinski definition) is 2.